The van der Waals surface area contributed by atoms with Crippen LogP contribution in [-0.4, -0.2) is 19.8 Å². The van der Waals surface area contributed by atoms with Gasteiger partial charge in [-0.15, -0.1) is 11.3 Å². The van der Waals surface area contributed by atoms with Gasteiger partial charge in [0.25, 0.3) is 0 Å². The normalized spacial score (nSPS) is 10.3. The first-order chi connectivity index (χ1) is 5.43. The van der Waals surface area contributed by atoms with Crippen LogP contribution in [0.15, 0.2) is 17.5 Å². The van der Waals surface area contributed by atoms with Gasteiger partial charge in [-0.05, 0) is 11.4 Å². The Morgan fingerprint density at radius 2 is 2.36 bits per heavy atom. The van der Waals surface area contributed by atoms with Crippen LogP contribution in [-0.2, 0) is 11.2 Å². The highest BCUT2D eigenvalue weighted by molar-refractivity contribution is 7.09. The summed E-state index contributed by atoms with van der Waals surface area (Å²) in [6.07, 6.45) is 1.01. The fourth-order valence-corrected chi connectivity index (χ4v) is 1.50. The van der Waals surface area contributed by atoms with Gasteiger partial charge in [0, 0.05) is 17.8 Å². The second kappa shape index (κ2) is 5.29. The third-order valence-electron chi connectivity index (χ3n) is 1.34. The Hall–Kier alpha value is -0.380. The predicted molar refractivity (Wildman–Crippen MR) is 47.9 cm³/mol. The van der Waals surface area contributed by atoms with Crippen LogP contribution in [0.3, 0.4) is 0 Å². The Morgan fingerprint density at radius 3 is 3.00 bits per heavy atom. The summed E-state index contributed by atoms with van der Waals surface area (Å²) in [6, 6.07) is 4.18. The molecular formula is C8H13NOS. The van der Waals surface area contributed by atoms with Crippen LogP contribution in [0.2, 0.25) is 0 Å². The molecule has 0 saturated heterocycles. The van der Waals surface area contributed by atoms with Crippen LogP contribution >= 0.6 is 11.3 Å². The molecule has 0 aliphatic heterocycles. The number of nitrogens with two attached hydrogens (primary N) is 1. The lowest BCUT2D eigenvalue weighted by Gasteiger charge is -1.99. The van der Waals surface area contributed by atoms with E-state index in [0.29, 0.717) is 13.2 Å². The summed E-state index contributed by atoms with van der Waals surface area (Å²) in [5.41, 5.74) is 5.27. The zero-order chi connectivity index (χ0) is 7.94. The molecule has 0 aliphatic rings. The Balaban J connectivity index is 2.04. The highest BCUT2D eigenvalue weighted by Gasteiger charge is 1.92. The first-order valence-electron chi connectivity index (χ1n) is 3.73. The number of hydrogen-bond donors (Lipinski definition) is 1. The number of ether oxygens (including phenoxy) is 1. The molecule has 0 atom stereocenters. The average molecular weight is 171 g/mol. The van der Waals surface area contributed by atoms with E-state index in [1.807, 2.05) is 0 Å². The lowest BCUT2D eigenvalue weighted by molar-refractivity contribution is 0.145. The van der Waals surface area contributed by atoms with E-state index in [9.17, 15) is 0 Å². The molecular weight excluding hydrogens is 158 g/mol. The SMILES string of the molecule is NCCOCCc1cccs1. The van der Waals surface area contributed by atoms with E-state index in [0.717, 1.165) is 13.0 Å². The quantitative estimate of drug-likeness (QED) is 0.677. The van der Waals surface area contributed by atoms with Crippen molar-refractivity contribution in [1.29, 1.82) is 0 Å². The van der Waals surface area contributed by atoms with E-state index in [-0.39, 0.29) is 0 Å². The van der Waals surface area contributed by atoms with Crippen LogP contribution in [0.5, 0.6) is 0 Å². The highest BCUT2D eigenvalue weighted by Crippen LogP contribution is 2.08. The van der Waals surface area contributed by atoms with Crippen molar-refractivity contribution in [2.45, 2.75) is 6.42 Å². The molecule has 0 aliphatic carbocycles. The van der Waals surface area contributed by atoms with E-state index >= 15 is 0 Å². The second-order valence-electron chi connectivity index (χ2n) is 2.23. The summed E-state index contributed by atoms with van der Waals surface area (Å²) >= 11 is 1.77. The molecule has 0 saturated carbocycles. The minimum Gasteiger partial charge on any atom is -0.380 e. The molecule has 0 unspecified atom stereocenters. The average Bonchev–Trinajstić information content (AvgIpc) is 2.50. The van der Waals surface area contributed by atoms with Crippen molar-refractivity contribution in [3.8, 4) is 0 Å². The third kappa shape index (κ3) is 3.51. The monoisotopic (exact) mass is 171 g/mol. The van der Waals surface area contributed by atoms with Crippen molar-refractivity contribution in [1.82, 2.24) is 0 Å². The lowest BCUT2D eigenvalue weighted by Crippen LogP contribution is -2.09. The highest BCUT2D eigenvalue weighted by atomic mass is 32.1. The topological polar surface area (TPSA) is 35.2 Å². The summed E-state index contributed by atoms with van der Waals surface area (Å²) in [5.74, 6) is 0. The van der Waals surface area contributed by atoms with Crippen LogP contribution in [0, 0.1) is 0 Å². The summed E-state index contributed by atoms with van der Waals surface area (Å²) in [5, 5.41) is 2.08. The number of hydrogen-bond acceptors (Lipinski definition) is 3. The van der Waals surface area contributed by atoms with Gasteiger partial charge < -0.3 is 10.5 Å². The van der Waals surface area contributed by atoms with E-state index in [2.05, 4.69) is 17.5 Å². The maximum atomic E-state index is 5.27. The summed E-state index contributed by atoms with van der Waals surface area (Å²) in [7, 11) is 0. The van der Waals surface area contributed by atoms with Gasteiger partial charge >= 0.3 is 0 Å². The van der Waals surface area contributed by atoms with Gasteiger partial charge in [0.2, 0.25) is 0 Å². The van der Waals surface area contributed by atoms with Gasteiger partial charge in [0.1, 0.15) is 0 Å². The smallest absolute Gasteiger partial charge is 0.0588 e. The molecule has 0 radical (unpaired) electrons. The molecule has 2 nitrogen and oxygen atoms in total. The number of thiophene rings is 1. The Labute approximate surface area is 71.0 Å². The minimum atomic E-state index is 0.616. The maximum absolute atomic E-state index is 5.27. The molecule has 1 heterocycles. The summed E-state index contributed by atoms with van der Waals surface area (Å²) in [4.78, 5) is 1.38. The molecule has 1 aromatic heterocycles. The molecule has 0 amide bonds. The van der Waals surface area contributed by atoms with Crippen molar-refractivity contribution in [3.63, 3.8) is 0 Å². The molecule has 0 fully saturated rings. The third-order valence-corrected chi connectivity index (χ3v) is 2.27. The van der Waals surface area contributed by atoms with E-state index in [1.54, 1.807) is 11.3 Å². The Bertz CT molecular complexity index is 174. The Kier molecular flexibility index (Phi) is 4.19. The van der Waals surface area contributed by atoms with Crippen LogP contribution in [0.1, 0.15) is 4.88 Å². The fourth-order valence-electron chi connectivity index (χ4n) is 0.813. The molecule has 1 aromatic rings. The molecule has 11 heavy (non-hydrogen) atoms. The molecule has 0 bridgehead atoms. The van der Waals surface area contributed by atoms with Gasteiger partial charge in [-0.3, -0.25) is 0 Å². The summed E-state index contributed by atoms with van der Waals surface area (Å²) < 4.78 is 5.24. The molecule has 1 rings (SSSR count). The van der Waals surface area contributed by atoms with Crippen molar-refractivity contribution < 1.29 is 4.74 Å². The van der Waals surface area contributed by atoms with E-state index in [4.69, 9.17) is 10.5 Å². The van der Waals surface area contributed by atoms with Gasteiger partial charge in [0.05, 0.1) is 13.2 Å². The van der Waals surface area contributed by atoms with Crippen molar-refractivity contribution >= 4 is 11.3 Å². The molecule has 0 aromatic carbocycles. The standard InChI is InChI=1S/C8H13NOS/c9-4-6-10-5-3-8-2-1-7-11-8/h1-2,7H,3-6,9H2. The first kappa shape index (κ1) is 8.71. The van der Waals surface area contributed by atoms with E-state index < -0.39 is 0 Å². The van der Waals surface area contributed by atoms with Crippen LogP contribution in [0.25, 0.3) is 0 Å². The molecule has 3 heteroatoms. The van der Waals surface area contributed by atoms with Gasteiger partial charge in [0.15, 0.2) is 0 Å². The summed E-state index contributed by atoms with van der Waals surface area (Å²) in [6.45, 7) is 2.08. The van der Waals surface area contributed by atoms with Gasteiger partial charge in [-0.25, -0.2) is 0 Å². The number of rotatable bonds is 5. The second-order valence-corrected chi connectivity index (χ2v) is 3.26. The largest absolute Gasteiger partial charge is 0.380 e. The molecule has 0 spiro atoms. The van der Waals surface area contributed by atoms with Crippen molar-refractivity contribution in [2.75, 3.05) is 19.8 Å². The van der Waals surface area contributed by atoms with Crippen LogP contribution < -0.4 is 5.73 Å². The zero-order valence-electron chi connectivity index (χ0n) is 6.45. The molecule has 2 N–H and O–H groups in total. The molecule has 62 valence electrons. The van der Waals surface area contributed by atoms with Crippen molar-refractivity contribution in [3.05, 3.63) is 22.4 Å². The van der Waals surface area contributed by atoms with Gasteiger partial charge in [-0.2, -0.15) is 0 Å². The minimum absolute atomic E-state index is 0.616. The van der Waals surface area contributed by atoms with Crippen molar-refractivity contribution in [2.24, 2.45) is 5.73 Å². The fraction of sp³-hybridized carbons (Fsp3) is 0.500. The van der Waals surface area contributed by atoms with E-state index in [1.165, 1.54) is 4.88 Å². The Morgan fingerprint density at radius 1 is 1.45 bits per heavy atom. The zero-order valence-corrected chi connectivity index (χ0v) is 7.27. The van der Waals surface area contributed by atoms with Crippen LogP contribution in [0.4, 0.5) is 0 Å². The maximum Gasteiger partial charge on any atom is 0.0588 e. The first-order valence-corrected chi connectivity index (χ1v) is 4.61. The lowest BCUT2D eigenvalue weighted by atomic mass is 10.4. The predicted octanol–water partition coefficient (Wildman–Crippen LogP) is 1.27. The van der Waals surface area contributed by atoms with Gasteiger partial charge in [-0.1, -0.05) is 6.07 Å².